The summed E-state index contributed by atoms with van der Waals surface area (Å²) in [5, 5.41) is 3.55. The topological polar surface area (TPSA) is 38.0 Å². The summed E-state index contributed by atoms with van der Waals surface area (Å²) >= 11 is 7.55. The van der Waals surface area contributed by atoms with E-state index in [0.717, 1.165) is 22.7 Å². The van der Waals surface area contributed by atoms with Gasteiger partial charge in [-0.05, 0) is 43.4 Å². The van der Waals surface area contributed by atoms with E-state index in [-0.39, 0.29) is 6.04 Å². The Morgan fingerprint density at radius 3 is 2.81 bits per heavy atom. The Balaban J connectivity index is 1.85. The fourth-order valence-corrected chi connectivity index (χ4v) is 3.13. The van der Waals surface area contributed by atoms with Crippen LogP contribution in [0, 0.1) is 11.8 Å². The minimum Gasteiger partial charge on any atom is -0.329 e. The van der Waals surface area contributed by atoms with E-state index in [9.17, 15) is 0 Å². The van der Waals surface area contributed by atoms with Gasteiger partial charge >= 0.3 is 0 Å². The van der Waals surface area contributed by atoms with E-state index in [1.54, 1.807) is 11.3 Å². The van der Waals surface area contributed by atoms with E-state index in [4.69, 9.17) is 17.3 Å². The zero-order valence-corrected chi connectivity index (χ0v) is 11.2. The molecule has 0 aromatic carbocycles. The second-order valence-corrected chi connectivity index (χ2v) is 6.40. The smallest absolute Gasteiger partial charge is 0.0931 e. The summed E-state index contributed by atoms with van der Waals surface area (Å²) < 4.78 is 0.838. The zero-order valence-electron chi connectivity index (χ0n) is 9.58. The van der Waals surface area contributed by atoms with E-state index >= 15 is 0 Å². The van der Waals surface area contributed by atoms with Crippen LogP contribution >= 0.6 is 22.9 Å². The molecule has 1 fully saturated rings. The van der Waals surface area contributed by atoms with Crippen LogP contribution in [0.3, 0.4) is 0 Å². The normalized spacial score (nSPS) is 19.7. The van der Waals surface area contributed by atoms with Gasteiger partial charge in [0.15, 0.2) is 0 Å². The first kappa shape index (κ1) is 12.4. The summed E-state index contributed by atoms with van der Waals surface area (Å²) in [5.74, 6) is 1.71. The third kappa shape index (κ3) is 3.20. The van der Waals surface area contributed by atoms with Crippen molar-refractivity contribution in [3.63, 3.8) is 0 Å². The predicted molar refractivity (Wildman–Crippen MR) is 71.0 cm³/mol. The molecule has 2 rings (SSSR count). The number of thiophene rings is 1. The average molecular weight is 259 g/mol. The van der Waals surface area contributed by atoms with Crippen LogP contribution in [0.2, 0.25) is 4.34 Å². The first-order valence-corrected chi connectivity index (χ1v) is 7.09. The Hall–Kier alpha value is -0.0900. The van der Waals surface area contributed by atoms with Gasteiger partial charge in [-0.3, -0.25) is 0 Å². The fourth-order valence-electron chi connectivity index (χ4n) is 1.98. The maximum Gasteiger partial charge on any atom is 0.0931 e. The summed E-state index contributed by atoms with van der Waals surface area (Å²) in [4.78, 5) is 1.25. The number of halogens is 1. The van der Waals surface area contributed by atoms with Crippen molar-refractivity contribution in [1.29, 1.82) is 0 Å². The average Bonchev–Trinajstić information content (AvgIpc) is 3.03. The van der Waals surface area contributed by atoms with Gasteiger partial charge in [-0.2, -0.15) is 0 Å². The molecular weight excluding hydrogens is 240 g/mol. The van der Waals surface area contributed by atoms with Crippen LogP contribution in [0.15, 0.2) is 12.1 Å². The summed E-state index contributed by atoms with van der Waals surface area (Å²) in [7, 11) is 0. The van der Waals surface area contributed by atoms with Gasteiger partial charge in [-0.15, -0.1) is 11.3 Å². The van der Waals surface area contributed by atoms with Crippen molar-refractivity contribution >= 4 is 22.9 Å². The number of hydrogen-bond donors (Lipinski definition) is 2. The molecule has 90 valence electrons. The number of nitrogens with two attached hydrogens (primary N) is 1. The number of hydrogen-bond acceptors (Lipinski definition) is 3. The van der Waals surface area contributed by atoms with E-state index in [1.165, 1.54) is 17.7 Å². The highest BCUT2D eigenvalue weighted by atomic mass is 35.5. The third-order valence-corrected chi connectivity index (χ3v) is 4.63. The minimum absolute atomic E-state index is 0.263. The first-order chi connectivity index (χ1) is 7.70. The van der Waals surface area contributed by atoms with Crippen molar-refractivity contribution in [2.75, 3.05) is 13.1 Å². The van der Waals surface area contributed by atoms with E-state index in [2.05, 4.69) is 18.3 Å². The van der Waals surface area contributed by atoms with Crippen LogP contribution in [0.25, 0.3) is 0 Å². The largest absolute Gasteiger partial charge is 0.329 e. The van der Waals surface area contributed by atoms with Crippen molar-refractivity contribution in [2.24, 2.45) is 17.6 Å². The SMILES string of the molecule is CC(CNC(CN)c1ccc(Cl)s1)C1CC1. The van der Waals surface area contributed by atoms with Gasteiger partial charge in [-0.1, -0.05) is 18.5 Å². The standard InChI is InChI=1S/C12H19ClN2S/c1-8(9-2-3-9)7-15-10(6-14)11-4-5-12(13)16-11/h4-5,8-10,15H,2-3,6-7,14H2,1H3. The molecule has 0 bridgehead atoms. The molecule has 2 unspecified atom stereocenters. The second kappa shape index (κ2) is 5.50. The van der Waals surface area contributed by atoms with Crippen molar-refractivity contribution in [2.45, 2.75) is 25.8 Å². The highest BCUT2D eigenvalue weighted by Crippen LogP contribution is 2.36. The first-order valence-electron chi connectivity index (χ1n) is 5.89. The molecule has 0 saturated heterocycles. The Kier molecular flexibility index (Phi) is 4.25. The molecule has 1 aliphatic carbocycles. The molecule has 1 aromatic rings. The van der Waals surface area contributed by atoms with Crippen LogP contribution in [-0.4, -0.2) is 13.1 Å². The molecule has 2 atom stereocenters. The lowest BCUT2D eigenvalue weighted by Gasteiger charge is -2.18. The lowest BCUT2D eigenvalue weighted by molar-refractivity contribution is 0.425. The molecular formula is C12H19ClN2S. The molecule has 1 saturated carbocycles. The summed E-state index contributed by atoms with van der Waals surface area (Å²) in [6.45, 7) is 4.01. The Labute approximate surface area is 106 Å². The molecule has 2 nitrogen and oxygen atoms in total. The highest BCUT2D eigenvalue weighted by molar-refractivity contribution is 7.16. The molecule has 0 amide bonds. The molecule has 1 heterocycles. The van der Waals surface area contributed by atoms with Crippen LogP contribution in [0.5, 0.6) is 0 Å². The fraction of sp³-hybridized carbons (Fsp3) is 0.667. The maximum atomic E-state index is 5.93. The van der Waals surface area contributed by atoms with Gasteiger partial charge in [0.25, 0.3) is 0 Å². The monoisotopic (exact) mass is 258 g/mol. The molecule has 0 aliphatic heterocycles. The van der Waals surface area contributed by atoms with Gasteiger partial charge < -0.3 is 11.1 Å². The zero-order chi connectivity index (χ0) is 11.5. The molecule has 1 aliphatic rings. The van der Waals surface area contributed by atoms with E-state index in [1.807, 2.05) is 6.07 Å². The Morgan fingerprint density at radius 2 is 2.31 bits per heavy atom. The van der Waals surface area contributed by atoms with Crippen LogP contribution in [0.4, 0.5) is 0 Å². The van der Waals surface area contributed by atoms with Crippen LogP contribution < -0.4 is 11.1 Å². The summed E-state index contributed by atoms with van der Waals surface area (Å²) in [6, 6.07) is 4.27. The predicted octanol–water partition coefficient (Wildman–Crippen LogP) is 3.04. The van der Waals surface area contributed by atoms with Crippen molar-refractivity contribution in [1.82, 2.24) is 5.32 Å². The summed E-state index contributed by atoms with van der Waals surface area (Å²) in [6.07, 6.45) is 2.81. The van der Waals surface area contributed by atoms with Gasteiger partial charge in [0.2, 0.25) is 0 Å². The molecule has 1 aromatic heterocycles. The van der Waals surface area contributed by atoms with E-state index in [0.29, 0.717) is 6.54 Å². The van der Waals surface area contributed by atoms with Gasteiger partial charge in [-0.25, -0.2) is 0 Å². The molecule has 4 heteroatoms. The molecule has 16 heavy (non-hydrogen) atoms. The molecule has 0 spiro atoms. The van der Waals surface area contributed by atoms with Crippen molar-refractivity contribution in [3.8, 4) is 0 Å². The summed E-state index contributed by atoms with van der Waals surface area (Å²) in [5.41, 5.74) is 5.79. The van der Waals surface area contributed by atoms with Gasteiger partial charge in [0.1, 0.15) is 0 Å². The van der Waals surface area contributed by atoms with Gasteiger partial charge in [0, 0.05) is 11.4 Å². The Morgan fingerprint density at radius 1 is 1.56 bits per heavy atom. The van der Waals surface area contributed by atoms with E-state index < -0.39 is 0 Å². The third-order valence-electron chi connectivity index (χ3n) is 3.29. The molecule has 0 radical (unpaired) electrons. The Bertz CT molecular complexity index is 336. The second-order valence-electron chi connectivity index (χ2n) is 4.65. The van der Waals surface area contributed by atoms with Crippen molar-refractivity contribution < 1.29 is 0 Å². The van der Waals surface area contributed by atoms with Crippen LogP contribution in [-0.2, 0) is 0 Å². The highest BCUT2D eigenvalue weighted by Gasteiger charge is 2.28. The number of nitrogens with one attached hydrogen (secondary N) is 1. The minimum atomic E-state index is 0.263. The quantitative estimate of drug-likeness (QED) is 0.823. The number of rotatable bonds is 6. The van der Waals surface area contributed by atoms with Crippen molar-refractivity contribution in [3.05, 3.63) is 21.3 Å². The molecule has 3 N–H and O–H groups in total. The van der Waals surface area contributed by atoms with Crippen LogP contribution in [0.1, 0.15) is 30.7 Å². The lowest BCUT2D eigenvalue weighted by atomic mass is 10.1. The maximum absolute atomic E-state index is 5.93. The lowest BCUT2D eigenvalue weighted by Crippen LogP contribution is -2.31. The van der Waals surface area contributed by atoms with Gasteiger partial charge in [0.05, 0.1) is 10.4 Å².